The van der Waals surface area contributed by atoms with Gasteiger partial charge in [0.1, 0.15) is 0 Å². The standard InChI is InChI=1S/C7H11N3O2/c8-2-5(1-7(11)12)6-3-9-10-4-6/h3-5H,1-2,8H2,(H,9,10)(H,11,12). The summed E-state index contributed by atoms with van der Waals surface area (Å²) in [6.07, 6.45) is 3.32. The molecule has 4 N–H and O–H groups in total. The van der Waals surface area contributed by atoms with E-state index in [1.807, 2.05) is 0 Å². The molecule has 0 amide bonds. The topological polar surface area (TPSA) is 92.0 Å². The van der Waals surface area contributed by atoms with Crippen LogP contribution in [-0.4, -0.2) is 27.8 Å². The smallest absolute Gasteiger partial charge is 0.304 e. The van der Waals surface area contributed by atoms with Crippen LogP contribution in [0.25, 0.3) is 0 Å². The van der Waals surface area contributed by atoms with E-state index in [0.29, 0.717) is 6.54 Å². The molecule has 5 heteroatoms. The monoisotopic (exact) mass is 169 g/mol. The molecule has 0 radical (unpaired) electrons. The summed E-state index contributed by atoms with van der Waals surface area (Å²) in [5, 5.41) is 14.9. The van der Waals surface area contributed by atoms with Crippen molar-refractivity contribution in [2.45, 2.75) is 12.3 Å². The highest BCUT2D eigenvalue weighted by Crippen LogP contribution is 2.16. The van der Waals surface area contributed by atoms with Crippen molar-refractivity contribution in [2.24, 2.45) is 5.73 Å². The number of carbonyl (C=O) groups is 1. The van der Waals surface area contributed by atoms with Gasteiger partial charge in [0.05, 0.1) is 12.6 Å². The first-order valence-electron chi connectivity index (χ1n) is 3.64. The van der Waals surface area contributed by atoms with Crippen LogP contribution >= 0.6 is 0 Å². The summed E-state index contributed by atoms with van der Waals surface area (Å²) in [5.41, 5.74) is 6.25. The van der Waals surface area contributed by atoms with Gasteiger partial charge in [-0.25, -0.2) is 0 Å². The van der Waals surface area contributed by atoms with Crippen LogP contribution in [0.1, 0.15) is 17.9 Å². The molecule has 12 heavy (non-hydrogen) atoms. The summed E-state index contributed by atoms with van der Waals surface area (Å²) < 4.78 is 0. The van der Waals surface area contributed by atoms with Gasteiger partial charge in [-0.3, -0.25) is 9.89 Å². The Kier molecular flexibility index (Phi) is 2.82. The van der Waals surface area contributed by atoms with Gasteiger partial charge in [0.15, 0.2) is 0 Å². The van der Waals surface area contributed by atoms with Crippen LogP contribution in [-0.2, 0) is 4.79 Å². The van der Waals surface area contributed by atoms with Crippen molar-refractivity contribution in [1.82, 2.24) is 10.2 Å². The van der Waals surface area contributed by atoms with Gasteiger partial charge in [0.2, 0.25) is 0 Å². The SMILES string of the molecule is NCC(CC(=O)O)c1cn[nH]c1. The molecule has 0 aromatic carbocycles. The van der Waals surface area contributed by atoms with Crippen LogP contribution in [0.4, 0.5) is 0 Å². The van der Waals surface area contributed by atoms with Crippen LogP contribution in [0.2, 0.25) is 0 Å². The number of nitrogens with two attached hydrogens (primary N) is 1. The molecule has 1 atom stereocenters. The molecular formula is C7H11N3O2. The van der Waals surface area contributed by atoms with E-state index < -0.39 is 5.97 Å². The van der Waals surface area contributed by atoms with Gasteiger partial charge < -0.3 is 10.8 Å². The number of aromatic amines is 1. The van der Waals surface area contributed by atoms with Gasteiger partial charge in [-0.05, 0) is 12.1 Å². The lowest BCUT2D eigenvalue weighted by molar-refractivity contribution is -0.137. The van der Waals surface area contributed by atoms with Crippen LogP contribution in [0.3, 0.4) is 0 Å². The van der Waals surface area contributed by atoms with Crippen molar-refractivity contribution in [3.05, 3.63) is 18.0 Å². The largest absolute Gasteiger partial charge is 0.481 e. The zero-order valence-electron chi connectivity index (χ0n) is 6.53. The molecule has 0 spiro atoms. The molecule has 0 aliphatic carbocycles. The third-order valence-electron chi connectivity index (χ3n) is 1.70. The van der Waals surface area contributed by atoms with E-state index in [1.165, 1.54) is 0 Å². The first kappa shape index (κ1) is 8.73. The molecule has 0 saturated carbocycles. The molecule has 0 saturated heterocycles. The highest BCUT2D eigenvalue weighted by Gasteiger charge is 2.14. The minimum atomic E-state index is -0.841. The molecule has 66 valence electrons. The van der Waals surface area contributed by atoms with E-state index >= 15 is 0 Å². The van der Waals surface area contributed by atoms with Crippen molar-refractivity contribution in [1.29, 1.82) is 0 Å². The Balaban J connectivity index is 2.63. The Bertz CT molecular complexity index is 245. The molecule has 1 heterocycles. The molecule has 0 bridgehead atoms. The van der Waals surface area contributed by atoms with E-state index in [9.17, 15) is 4.79 Å². The number of rotatable bonds is 4. The van der Waals surface area contributed by atoms with Crippen LogP contribution in [0.5, 0.6) is 0 Å². The van der Waals surface area contributed by atoms with Crippen LogP contribution in [0.15, 0.2) is 12.4 Å². The molecule has 0 aliphatic rings. The summed E-state index contributed by atoms with van der Waals surface area (Å²) in [6, 6.07) is 0. The fraction of sp³-hybridized carbons (Fsp3) is 0.429. The summed E-state index contributed by atoms with van der Waals surface area (Å²) in [4.78, 5) is 10.4. The fourth-order valence-electron chi connectivity index (χ4n) is 1.03. The minimum Gasteiger partial charge on any atom is -0.481 e. The second-order valence-electron chi connectivity index (χ2n) is 2.56. The fourth-order valence-corrected chi connectivity index (χ4v) is 1.03. The lowest BCUT2D eigenvalue weighted by Gasteiger charge is -2.08. The number of nitrogens with one attached hydrogen (secondary N) is 1. The normalized spacial score (nSPS) is 12.8. The number of aromatic nitrogens is 2. The summed E-state index contributed by atoms with van der Waals surface area (Å²) in [6.45, 7) is 0.325. The predicted octanol–water partition coefficient (Wildman–Crippen LogP) is -0.0733. The summed E-state index contributed by atoms with van der Waals surface area (Å²) >= 11 is 0. The first-order chi connectivity index (χ1) is 5.74. The molecule has 1 unspecified atom stereocenters. The van der Waals surface area contributed by atoms with Gasteiger partial charge in [0.25, 0.3) is 0 Å². The lowest BCUT2D eigenvalue weighted by atomic mass is 9.99. The zero-order chi connectivity index (χ0) is 8.97. The van der Waals surface area contributed by atoms with Crippen molar-refractivity contribution >= 4 is 5.97 Å². The van der Waals surface area contributed by atoms with E-state index in [2.05, 4.69) is 10.2 Å². The third kappa shape index (κ3) is 2.06. The molecular weight excluding hydrogens is 158 g/mol. The highest BCUT2D eigenvalue weighted by atomic mass is 16.4. The molecule has 1 aromatic rings. The number of H-pyrrole nitrogens is 1. The van der Waals surface area contributed by atoms with Crippen molar-refractivity contribution in [3.8, 4) is 0 Å². The Morgan fingerprint density at radius 2 is 2.58 bits per heavy atom. The number of nitrogens with zero attached hydrogens (tertiary/aromatic N) is 1. The summed E-state index contributed by atoms with van der Waals surface area (Å²) in [7, 11) is 0. The average molecular weight is 169 g/mol. The number of hydrogen-bond acceptors (Lipinski definition) is 3. The Morgan fingerprint density at radius 1 is 1.83 bits per heavy atom. The van der Waals surface area contributed by atoms with E-state index in [4.69, 9.17) is 10.8 Å². The van der Waals surface area contributed by atoms with Gasteiger partial charge in [-0.2, -0.15) is 5.10 Å². The van der Waals surface area contributed by atoms with Crippen molar-refractivity contribution in [2.75, 3.05) is 6.54 Å². The maximum atomic E-state index is 10.4. The average Bonchev–Trinajstić information content (AvgIpc) is 2.51. The lowest BCUT2D eigenvalue weighted by Crippen LogP contribution is -2.15. The Hall–Kier alpha value is -1.36. The number of carboxylic acid groups (broad SMARTS) is 1. The van der Waals surface area contributed by atoms with E-state index in [0.717, 1.165) is 5.56 Å². The molecule has 1 rings (SSSR count). The van der Waals surface area contributed by atoms with Crippen molar-refractivity contribution < 1.29 is 9.90 Å². The van der Waals surface area contributed by atoms with Gasteiger partial charge in [0, 0.05) is 12.1 Å². The Morgan fingerprint density at radius 3 is 3.00 bits per heavy atom. The van der Waals surface area contributed by atoms with Gasteiger partial charge >= 0.3 is 5.97 Å². The molecule has 0 aliphatic heterocycles. The molecule has 5 nitrogen and oxygen atoms in total. The second kappa shape index (κ2) is 3.87. The van der Waals surface area contributed by atoms with Crippen molar-refractivity contribution in [3.63, 3.8) is 0 Å². The van der Waals surface area contributed by atoms with E-state index in [1.54, 1.807) is 12.4 Å². The molecule has 0 fully saturated rings. The first-order valence-corrected chi connectivity index (χ1v) is 3.64. The van der Waals surface area contributed by atoms with Crippen LogP contribution < -0.4 is 5.73 Å². The second-order valence-corrected chi connectivity index (χ2v) is 2.56. The highest BCUT2D eigenvalue weighted by molar-refractivity contribution is 5.68. The minimum absolute atomic E-state index is 0.0516. The maximum Gasteiger partial charge on any atom is 0.304 e. The Labute approximate surface area is 69.6 Å². The van der Waals surface area contributed by atoms with Crippen LogP contribution in [0, 0.1) is 0 Å². The maximum absolute atomic E-state index is 10.4. The van der Waals surface area contributed by atoms with Gasteiger partial charge in [-0.15, -0.1) is 0 Å². The zero-order valence-corrected chi connectivity index (χ0v) is 6.53. The molecule has 1 aromatic heterocycles. The predicted molar refractivity (Wildman–Crippen MR) is 42.6 cm³/mol. The quantitative estimate of drug-likeness (QED) is 0.588. The number of carboxylic acids is 1. The number of aliphatic carboxylic acids is 1. The van der Waals surface area contributed by atoms with Gasteiger partial charge in [-0.1, -0.05) is 0 Å². The van der Waals surface area contributed by atoms with E-state index in [-0.39, 0.29) is 12.3 Å². The third-order valence-corrected chi connectivity index (χ3v) is 1.70. The summed E-state index contributed by atoms with van der Waals surface area (Å²) in [5.74, 6) is -0.979. The number of hydrogen-bond donors (Lipinski definition) is 3.